The number of aromatic nitrogens is 2. The monoisotopic (exact) mass is 390 g/mol. The molecular weight excluding hydrogens is 364 g/mol. The first-order valence-electron chi connectivity index (χ1n) is 10.4. The van der Waals surface area contributed by atoms with Crippen molar-refractivity contribution in [2.24, 2.45) is 5.41 Å². The third kappa shape index (κ3) is 3.72. The first kappa shape index (κ1) is 18.2. The molecule has 0 aliphatic carbocycles. The summed E-state index contributed by atoms with van der Waals surface area (Å²) in [6.45, 7) is 4.26. The van der Waals surface area contributed by atoms with Crippen molar-refractivity contribution in [3.05, 3.63) is 66.1 Å². The molecule has 1 spiro atoms. The van der Waals surface area contributed by atoms with Crippen LogP contribution in [0.2, 0.25) is 0 Å². The Bertz CT molecular complexity index is 979. The Labute approximate surface area is 170 Å². The minimum atomic E-state index is 0.101. The molecule has 1 amide bonds. The van der Waals surface area contributed by atoms with E-state index in [1.807, 2.05) is 64.2 Å². The highest BCUT2D eigenvalue weighted by Crippen LogP contribution is 2.37. The smallest absolute Gasteiger partial charge is 0.253 e. The number of amides is 1. The van der Waals surface area contributed by atoms with Crippen LogP contribution < -0.4 is 10.1 Å². The van der Waals surface area contributed by atoms with Crippen molar-refractivity contribution in [1.82, 2.24) is 19.6 Å². The molecule has 6 nitrogen and oxygen atoms in total. The first-order valence-corrected chi connectivity index (χ1v) is 10.4. The number of hydrogen-bond acceptors (Lipinski definition) is 4. The predicted octanol–water partition coefficient (Wildman–Crippen LogP) is 3.13. The van der Waals surface area contributed by atoms with Gasteiger partial charge in [0.05, 0.1) is 5.69 Å². The minimum Gasteiger partial charge on any atom is -0.487 e. The summed E-state index contributed by atoms with van der Waals surface area (Å²) in [5, 5.41) is 3.48. The molecule has 5 rings (SSSR count). The van der Waals surface area contributed by atoms with Crippen LogP contribution in [0, 0.1) is 5.41 Å². The molecule has 0 saturated carbocycles. The maximum Gasteiger partial charge on any atom is 0.253 e. The number of nitrogens with zero attached hydrogens (tertiary/aromatic N) is 3. The normalized spacial score (nSPS) is 18.4. The zero-order chi connectivity index (χ0) is 19.7. The van der Waals surface area contributed by atoms with Gasteiger partial charge in [0.2, 0.25) is 0 Å². The van der Waals surface area contributed by atoms with E-state index in [1.165, 1.54) is 6.42 Å². The van der Waals surface area contributed by atoms with E-state index in [0.29, 0.717) is 23.3 Å². The van der Waals surface area contributed by atoms with Gasteiger partial charge in [0.1, 0.15) is 18.0 Å². The molecule has 1 aromatic carbocycles. The van der Waals surface area contributed by atoms with Gasteiger partial charge < -0.3 is 19.4 Å². The molecular formula is C23H26N4O2. The Hall–Kier alpha value is -2.86. The summed E-state index contributed by atoms with van der Waals surface area (Å²) in [7, 11) is 0. The lowest BCUT2D eigenvalue weighted by atomic mass is 9.78. The van der Waals surface area contributed by atoms with Gasteiger partial charge in [0.25, 0.3) is 5.91 Å². The zero-order valence-corrected chi connectivity index (χ0v) is 16.5. The van der Waals surface area contributed by atoms with Crippen molar-refractivity contribution in [2.45, 2.75) is 25.9 Å². The van der Waals surface area contributed by atoms with E-state index in [4.69, 9.17) is 4.74 Å². The van der Waals surface area contributed by atoms with Crippen LogP contribution in [-0.2, 0) is 6.61 Å². The highest BCUT2D eigenvalue weighted by Gasteiger charge is 2.38. The lowest BCUT2D eigenvalue weighted by molar-refractivity contribution is 0.0607. The lowest BCUT2D eigenvalue weighted by Gasteiger charge is -2.38. The molecule has 4 heterocycles. The van der Waals surface area contributed by atoms with Gasteiger partial charge in [-0.05, 0) is 61.6 Å². The second-order valence-electron chi connectivity index (χ2n) is 8.23. The highest BCUT2D eigenvalue weighted by atomic mass is 16.5. The second-order valence-corrected chi connectivity index (χ2v) is 8.23. The average molecular weight is 390 g/mol. The highest BCUT2D eigenvalue weighted by molar-refractivity contribution is 5.94. The maximum absolute atomic E-state index is 13.0. The third-order valence-corrected chi connectivity index (χ3v) is 6.33. The quantitative estimate of drug-likeness (QED) is 0.744. The standard InChI is InChI=1S/C23H26N4O2/c28-22(26-12-8-23(9-13-26)7-10-24-17-23)18-4-3-5-20(14-18)29-16-19-15-27-11-2-1-6-21(27)25-19/h1-6,11,14-15,24H,7-10,12-13,16-17H2. The molecule has 0 radical (unpaired) electrons. The number of nitrogens with one attached hydrogen (secondary N) is 1. The molecule has 2 aliphatic heterocycles. The summed E-state index contributed by atoms with van der Waals surface area (Å²) in [5.41, 5.74) is 2.86. The number of piperidine rings is 1. The Morgan fingerprint density at radius 1 is 1.14 bits per heavy atom. The van der Waals surface area contributed by atoms with Gasteiger partial charge in [-0.25, -0.2) is 4.98 Å². The number of ether oxygens (including phenoxy) is 1. The first-order chi connectivity index (χ1) is 14.2. The second kappa shape index (κ2) is 7.52. The number of imidazole rings is 1. The third-order valence-electron chi connectivity index (χ3n) is 6.33. The number of pyridine rings is 1. The van der Waals surface area contributed by atoms with Crippen LogP contribution >= 0.6 is 0 Å². The molecule has 2 saturated heterocycles. The summed E-state index contributed by atoms with van der Waals surface area (Å²) in [6.07, 6.45) is 7.36. The van der Waals surface area contributed by atoms with Crippen molar-refractivity contribution in [2.75, 3.05) is 26.2 Å². The summed E-state index contributed by atoms with van der Waals surface area (Å²) in [5.74, 6) is 0.797. The maximum atomic E-state index is 13.0. The van der Waals surface area contributed by atoms with Gasteiger partial charge in [-0.3, -0.25) is 4.79 Å². The topological polar surface area (TPSA) is 58.9 Å². The summed E-state index contributed by atoms with van der Waals surface area (Å²) >= 11 is 0. The predicted molar refractivity (Wildman–Crippen MR) is 111 cm³/mol. The lowest BCUT2D eigenvalue weighted by Crippen LogP contribution is -2.44. The van der Waals surface area contributed by atoms with E-state index < -0.39 is 0 Å². The molecule has 0 atom stereocenters. The number of likely N-dealkylation sites (tertiary alicyclic amines) is 1. The van der Waals surface area contributed by atoms with Crippen LogP contribution in [-0.4, -0.2) is 46.4 Å². The Morgan fingerprint density at radius 3 is 2.83 bits per heavy atom. The van der Waals surface area contributed by atoms with Crippen molar-refractivity contribution in [3.63, 3.8) is 0 Å². The van der Waals surface area contributed by atoms with Crippen LogP contribution in [0.1, 0.15) is 35.3 Å². The summed E-state index contributed by atoms with van der Waals surface area (Å²) in [6, 6.07) is 13.4. The van der Waals surface area contributed by atoms with Gasteiger partial charge in [0.15, 0.2) is 0 Å². The van der Waals surface area contributed by atoms with Crippen LogP contribution in [0.15, 0.2) is 54.9 Å². The van der Waals surface area contributed by atoms with Crippen LogP contribution in [0.25, 0.3) is 5.65 Å². The van der Waals surface area contributed by atoms with Gasteiger partial charge >= 0.3 is 0 Å². The Morgan fingerprint density at radius 2 is 2.03 bits per heavy atom. The van der Waals surface area contributed by atoms with E-state index in [9.17, 15) is 4.79 Å². The molecule has 2 fully saturated rings. The van der Waals surface area contributed by atoms with Crippen LogP contribution in [0.4, 0.5) is 0 Å². The molecule has 0 unspecified atom stereocenters. The summed E-state index contributed by atoms with van der Waals surface area (Å²) < 4.78 is 7.89. The van der Waals surface area contributed by atoms with Crippen molar-refractivity contribution in [3.8, 4) is 5.75 Å². The fraction of sp³-hybridized carbons (Fsp3) is 0.391. The van der Waals surface area contributed by atoms with Gasteiger partial charge in [-0.2, -0.15) is 0 Å². The molecule has 1 N–H and O–H groups in total. The number of carbonyl (C=O) groups is 1. The zero-order valence-electron chi connectivity index (χ0n) is 16.5. The van der Waals surface area contributed by atoms with Gasteiger partial charge in [-0.15, -0.1) is 0 Å². The van der Waals surface area contributed by atoms with Crippen LogP contribution in [0.3, 0.4) is 0 Å². The SMILES string of the molecule is O=C(c1cccc(OCc2cn3ccccc3n2)c1)N1CCC2(CCNC2)CC1. The number of rotatable bonds is 4. The van der Waals surface area contributed by atoms with Gasteiger partial charge in [0, 0.05) is 37.6 Å². The number of carbonyl (C=O) groups excluding carboxylic acids is 1. The fourth-order valence-corrected chi connectivity index (χ4v) is 4.52. The van der Waals surface area contributed by atoms with Crippen molar-refractivity contribution >= 4 is 11.6 Å². The molecule has 29 heavy (non-hydrogen) atoms. The Balaban J connectivity index is 1.23. The fourth-order valence-electron chi connectivity index (χ4n) is 4.52. The van der Waals surface area contributed by atoms with E-state index in [2.05, 4.69) is 10.3 Å². The number of fused-ring (bicyclic) bond motifs is 1. The molecule has 6 heteroatoms. The van der Waals surface area contributed by atoms with E-state index >= 15 is 0 Å². The molecule has 2 aromatic heterocycles. The molecule has 150 valence electrons. The van der Waals surface area contributed by atoms with E-state index in [0.717, 1.165) is 50.4 Å². The largest absolute Gasteiger partial charge is 0.487 e. The van der Waals surface area contributed by atoms with Crippen molar-refractivity contribution < 1.29 is 9.53 Å². The van der Waals surface area contributed by atoms with E-state index in [-0.39, 0.29) is 5.91 Å². The van der Waals surface area contributed by atoms with Crippen molar-refractivity contribution in [1.29, 1.82) is 0 Å². The van der Waals surface area contributed by atoms with Gasteiger partial charge in [-0.1, -0.05) is 12.1 Å². The molecule has 0 bridgehead atoms. The van der Waals surface area contributed by atoms with E-state index in [1.54, 1.807) is 0 Å². The Kier molecular flexibility index (Phi) is 4.72. The van der Waals surface area contributed by atoms with Crippen LogP contribution in [0.5, 0.6) is 5.75 Å². The number of hydrogen-bond donors (Lipinski definition) is 1. The molecule has 2 aliphatic rings. The average Bonchev–Trinajstić information content (AvgIpc) is 3.39. The number of benzene rings is 1. The minimum absolute atomic E-state index is 0.101. The molecule has 3 aromatic rings. The summed E-state index contributed by atoms with van der Waals surface area (Å²) in [4.78, 5) is 19.5.